The van der Waals surface area contributed by atoms with E-state index in [1.807, 2.05) is 37.4 Å². The highest BCUT2D eigenvalue weighted by atomic mass is 32.2. The maximum absolute atomic E-state index is 12.5. The molecule has 1 amide bonds. The standard InChI is InChI=1S/C21H21N3OS2/c1-14-20(26-2)27-21(22-14)23-19(25)16-7-9-18(10-8-16)24-12-11-15-5-3-4-6-17(15)13-24/h3-10H,11-13H2,1-2H3,(H,22,23,25). The molecule has 0 saturated heterocycles. The van der Waals surface area contributed by atoms with E-state index < -0.39 is 0 Å². The molecule has 0 fully saturated rings. The van der Waals surface area contributed by atoms with Gasteiger partial charge in [0.15, 0.2) is 5.13 Å². The van der Waals surface area contributed by atoms with Crippen LogP contribution in [0.15, 0.2) is 52.7 Å². The number of rotatable bonds is 4. The van der Waals surface area contributed by atoms with Crippen molar-refractivity contribution >= 4 is 39.8 Å². The fraction of sp³-hybridized carbons (Fsp3) is 0.238. The van der Waals surface area contributed by atoms with Crippen molar-refractivity contribution in [2.24, 2.45) is 0 Å². The van der Waals surface area contributed by atoms with Crippen LogP contribution < -0.4 is 10.2 Å². The van der Waals surface area contributed by atoms with Crippen molar-refractivity contribution in [2.75, 3.05) is 23.0 Å². The van der Waals surface area contributed by atoms with E-state index in [0.29, 0.717) is 10.7 Å². The van der Waals surface area contributed by atoms with Crippen LogP contribution in [0, 0.1) is 6.92 Å². The lowest BCUT2D eigenvalue weighted by Crippen LogP contribution is -2.30. The summed E-state index contributed by atoms with van der Waals surface area (Å²) in [6.45, 7) is 3.87. The number of aryl methyl sites for hydroxylation is 1. The van der Waals surface area contributed by atoms with E-state index >= 15 is 0 Å². The molecule has 27 heavy (non-hydrogen) atoms. The quantitative estimate of drug-likeness (QED) is 0.632. The second-order valence-electron chi connectivity index (χ2n) is 6.54. The molecule has 4 rings (SSSR count). The number of fused-ring (bicyclic) bond motifs is 1. The second-order valence-corrected chi connectivity index (χ2v) is 8.61. The van der Waals surface area contributed by atoms with E-state index in [1.165, 1.54) is 22.5 Å². The van der Waals surface area contributed by atoms with Gasteiger partial charge in [-0.1, -0.05) is 35.6 Å². The van der Waals surface area contributed by atoms with E-state index in [2.05, 4.69) is 39.5 Å². The van der Waals surface area contributed by atoms with E-state index in [9.17, 15) is 4.79 Å². The minimum Gasteiger partial charge on any atom is -0.367 e. The maximum atomic E-state index is 12.5. The Bertz CT molecular complexity index is 966. The highest BCUT2D eigenvalue weighted by molar-refractivity contribution is 8.00. The number of hydrogen-bond acceptors (Lipinski definition) is 5. The Morgan fingerprint density at radius 1 is 1.15 bits per heavy atom. The van der Waals surface area contributed by atoms with Crippen LogP contribution in [0.25, 0.3) is 0 Å². The van der Waals surface area contributed by atoms with Crippen LogP contribution in [0.3, 0.4) is 0 Å². The molecule has 0 unspecified atom stereocenters. The molecule has 1 aliphatic rings. The third-order valence-electron chi connectivity index (χ3n) is 4.79. The number of carbonyl (C=O) groups is 1. The molecule has 6 heteroatoms. The Balaban J connectivity index is 1.45. The number of hydrogen-bond donors (Lipinski definition) is 1. The lowest BCUT2D eigenvalue weighted by atomic mass is 9.99. The predicted molar refractivity (Wildman–Crippen MR) is 114 cm³/mol. The molecule has 0 spiro atoms. The Labute approximate surface area is 167 Å². The Kier molecular flexibility index (Phi) is 5.18. The summed E-state index contributed by atoms with van der Waals surface area (Å²) in [6, 6.07) is 16.5. The number of thiazole rings is 1. The highest BCUT2D eigenvalue weighted by Gasteiger charge is 2.17. The molecule has 2 heterocycles. The molecule has 0 saturated carbocycles. The summed E-state index contributed by atoms with van der Waals surface area (Å²) in [5, 5.41) is 3.56. The molecule has 1 N–H and O–H groups in total. The van der Waals surface area contributed by atoms with E-state index in [0.717, 1.165) is 35.1 Å². The summed E-state index contributed by atoms with van der Waals surface area (Å²) in [4.78, 5) is 19.3. The van der Waals surface area contributed by atoms with Crippen molar-refractivity contribution in [3.05, 3.63) is 70.9 Å². The van der Waals surface area contributed by atoms with E-state index in [4.69, 9.17) is 0 Å². The largest absolute Gasteiger partial charge is 0.367 e. The number of benzene rings is 2. The molecular weight excluding hydrogens is 374 g/mol. The maximum Gasteiger partial charge on any atom is 0.257 e. The number of amides is 1. The lowest BCUT2D eigenvalue weighted by Gasteiger charge is -2.30. The summed E-state index contributed by atoms with van der Waals surface area (Å²) in [5.41, 5.74) is 5.58. The summed E-state index contributed by atoms with van der Waals surface area (Å²) in [6.07, 6.45) is 3.07. The number of nitrogens with one attached hydrogen (secondary N) is 1. The first-order chi connectivity index (χ1) is 13.1. The highest BCUT2D eigenvalue weighted by Crippen LogP contribution is 2.30. The minimum atomic E-state index is -0.119. The van der Waals surface area contributed by atoms with Crippen molar-refractivity contribution < 1.29 is 4.79 Å². The zero-order valence-corrected chi connectivity index (χ0v) is 17.0. The van der Waals surface area contributed by atoms with Crippen molar-refractivity contribution in [1.29, 1.82) is 0 Å². The van der Waals surface area contributed by atoms with Crippen LogP contribution in [0.1, 0.15) is 27.2 Å². The Morgan fingerprint density at radius 3 is 2.59 bits per heavy atom. The van der Waals surface area contributed by atoms with Gasteiger partial charge in [0.2, 0.25) is 0 Å². The fourth-order valence-electron chi connectivity index (χ4n) is 3.33. The van der Waals surface area contributed by atoms with Gasteiger partial charge in [0.05, 0.1) is 9.90 Å². The van der Waals surface area contributed by atoms with Crippen LogP contribution in [0.2, 0.25) is 0 Å². The van der Waals surface area contributed by atoms with Crippen LogP contribution >= 0.6 is 23.1 Å². The zero-order valence-electron chi connectivity index (χ0n) is 15.4. The Morgan fingerprint density at radius 2 is 1.89 bits per heavy atom. The SMILES string of the molecule is CSc1sc(NC(=O)c2ccc(N3CCc4ccccc4C3)cc2)nc1C. The van der Waals surface area contributed by atoms with E-state index in [1.54, 1.807) is 11.8 Å². The van der Waals surface area contributed by atoms with Gasteiger partial charge in [0.25, 0.3) is 5.91 Å². The van der Waals surface area contributed by atoms with Crippen LogP contribution in [-0.4, -0.2) is 23.7 Å². The molecule has 4 nitrogen and oxygen atoms in total. The molecule has 0 bridgehead atoms. The number of anilines is 2. The molecule has 1 aliphatic heterocycles. The third-order valence-corrected chi connectivity index (χ3v) is 7.07. The average Bonchev–Trinajstić information content (AvgIpc) is 3.06. The first-order valence-electron chi connectivity index (χ1n) is 8.88. The van der Waals surface area contributed by atoms with Gasteiger partial charge < -0.3 is 4.90 Å². The molecule has 0 aliphatic carbocycles. The summed E-state index contributed by atoms with van der Waals surface area (Å²) >= 11 is 3.16. The van der Waals surface area contributed by atoms with Crippen molar-refractivity contribution in [3.8, 4) is 0 Å². The smallest absolute Gasteiger partial charge is 0.257 e. The topological polar surface area (TPSA) is 45.2 Å². The monoisotopic (exact) mass is 395 g/mol. The van der Waals surface area contributed by atoms with Crippen LogP contribution in [0.4, 0.5) is 10.8 Å². The van der Waals surface area contributed by atoms with E-state index in [-0.39, 0.29) is 5.91 Å². The second kappa shape index (κ2) is 7.74. The van der Waals surface area contributed by atoms with Crippen LogP contribution in [0.5, 0.6) is 0 Å². The first-order valence-corrected chi connectivity index (χ1v) is 10.9. The van der Waals surface area contributed by atoms with Gasteiger partial charge in [-0.25, -0.2) is 4.98 Å². The third kappa shape index (κ3) is 3.87. The summed E-state index contributed by atoms with van der Waals surface area (Å²) in [7, 11) is 0. The van der Waals surface area contributed by atoms with Gasteiger partial charge in [-0.2, -0.15) is 0 Å². The number of aromatic nitrogens is 1. The normalized spacial score (nSPS) is 13.3. The van der Waals surface area contributed by atoms with Gasteiger partial charge in [0.1, 0.15) is 0 Å². The van der Waals surface area contributed by atoms with Crippen molar-refractivity contribution in [1.82, 2.24) is 4.98 Å². The molecule has 1 aromatic heterocycles. The van der Waals surface area contributed by atoms with Gasteiger partial charge in [-0.3, -0.25) is 10.1 Å². The molecule has 138 valence electrons. The lowest BCUT2D eigenvalue weighted by molar-refractivity contribution is 0.102. The molecular formula is C21H21N3OS2. The fourth-order valence-corrected chi connectivity index (χ4v) is 4.94. The molecule has 2 aromatic carbocycles. The summed E-state index contributed by atoms with van der Waals surface area (Å²) < 4.78 is 1.13. The van der Waals surface area contributed by atoms with Gasteiger partial charge in [-0.05, 0) is 55.0 Å². The van der Waals surface area contributed by atoms with Crippen LogP contribution in [-0.2, 0) is 13.0 Å². The first kappa shape index (κ1) is 18.1. The van der Waals surface area contributed by atoms with Gasteiger partial charge in [0, 0.05) is 24.3 Å². The zero-order chi connectivity index (χ0) is 18.8. The number of carbonyl (C=O) groups excluding carboxylic acids is 1. The number of thioether (sulfide) groups is 1. The molecule has 3 aromatic rings. The molecule has 0 radical (unpaired) electrons. The summed E-state index contributed by atoms with van der Waals surface area (Å²) in [5.74, 6) is -0.119. The predicted octanol–water partition coefficient (Wildman–Crippen LogP) is 4.99. The average molecular weight is 396 g/mol. The molecule has 0 atom stereocenters. The van der Waals surface area contributed by atoms with Gasteiger partial charge in [-0.15, -0.1) is 11.8 Å². The van der Waals surface area contributed by atoms with Gasteiger partial charge >= 0.3 is 0 Å². The Hall–Kier alpha value is -2.31. The van der Waals surface area contributed by atoms with Crippen molar-refractivity contribution in [2.45, 2.75) is 24.1 Å². The van der Waals surface area contributed by atoms with Crippen molar-refractivity contribution in [3.63, 3.8) is 0 Å². The number of nitrogens with zero attached hydrogens (tertiary/aromatic N) is 2. The minimum absolute atomic E-state index is 0.119.